The average molecular weight is 714 g/mol. The van der Waals surface area contributed by atoms with Gasteiger partial charge in [0, 0.05) is 22.3 Å². The summed E-state index contributed by atoms with van der Waals surface area (Å²) in [6, 6.07) is 76.4. The van der Waals surface area contributed by atoms with Crippen molar-refractivity contribution in [2.45, 2.75) is 0 Å². The first-order valence-electron chi connectivity index (χ1n) is 19.2. The lowest BCUT2D eigenvalue weighted by atomic mass is 9.94. The van der Waals surface area contributed by atoms with E-state index in [0.29, 0.717) is 0 Å². The summed E-state index contributed by atoms with van der Waals surface area (Å²) in [6.07, 6.45) is 0. The third kappa shape index (κ3) is 5.26. The molecular formula is C54H35NO. The predicted octanol–water partition coefficient (Wildman–Crippen LogP) is 15.5. The van der Waals surface area contributed by atoms with E-state index >= 15 is 0 Å². The van der Waals surface area contributed by atoms with Gasteiger partial charge < -0.3 is 9.32 Å². The van der Waals surface area contributed by atoms with Crippen LogP contribution in [0.5, 0.6) is 0 Å². The minimum atomic E-state index is 0.869. The molecule has 0 N–H and O–H groups in total. The van der Waals surface area contributed by atoms with Gasteiger partial charge in [-0.2, -0.15) is 0 Å². The highest BCUT2D eigenvalue weighted by molar-refractivity contribution is 6.19. The minimum Gasteiger partial charge on any atom is -0.455 e. The lowest BCUT2D eigenvalue weighted by Gasteiger charge is -2.27. The van der Waals surface area contributed by atoms with Gasteiger partial charge >= 0.3 is 0 Å². The van der Waals surface area contributed by atoms with E-state index in [-0.39, 0.29) is 0 Å². The Hall–Kier alpha value is -7.42. The van der Waals surface area contributed by atoms with Crippen LogP contribution in [0.2, 0.25) is 0 Å². The second-order valence-corrected chi connectivity index (χ2v) is 14.4. The monoisotopic (exact) mass is 713 g/mol. The van der Waals surface area contributed by atoms with Gasteiger partial charge in [0.05, 0.1) is 11.1 Å². The number of hydrogen-bond donors (Lipinski definition) is 0. The van der Waals surface area contributed by atoms with Crippen molar-refractivity contribution in [1.82, 2.24) is 0 Å². The van der Waals surface area contributed by atoms with E-state index in [1.54, 1.807) is 0 Å². The first-order chi connectivity index (χ1) is 27.8. The summed E-state index contributed by atoms with van der Waals surface area (Å²) in [5, 5.41) is 9.49. The molecule has 0 aliphatic carbocycles. The maximum Gasteiger partial charge on any atom is 0.145 e. The second-order valence-electron chi connectivity index (χ2n) is 14.4. The van der Waals surface area contributed by atoms with Gasteiger partial charge in [0.1, 0.15) is 11.2 Å². The highest BCUT2D eigenvalue weighted by atomic mass is 16.3. The molecule has 0 radical (unpaired) electrons. The molecule has 0 saturated heterocycles. The minimum absolute atomic E-state index is 0.869. The number of nitrogens with zero attached hydrogens (tertiary/aromatic N) is 1. The van der Waals surface area contributed by atoms with Crippen LogP contribution in [0.3, 0.4) is 0 Å². The predicted molar refractivity (Wildman–Crippen MR) is 237 cm³/mol. The fraction of sp³-hybridized carbons (Fsp3) is 0. The number of hydrogen-bond acceptors (Lipinski definition) is 2. The Morgan fingerprint density at radius 1 is 0.321 bits per heavy atom. The van der Waals surface area contributed by atoms with Crippen molar-refractivity contribution in [2.75, 3.05) is 4.90 Å². The Labute approximate surface area is 325 Å². The van der Waals surface area contributed by atoms with Gasteiger partial charge in [-0.3, -0.25) is 0 Å². The molecule has 2 nitrogen and oxygen atoms in total. The lowest BCUT2D eigenvalue weighted by molar-refractivity contribution is 0.670. The van der Waals surface area contributed by atoms with Gasteiger partial charge in [0.2, 0.25) is 0 Å². The molecular weight excluding hydrogens is 679 g/mol. The van der Waals surface area contributed by atoms with Crippen molar-refractivity contribution in [1.29, 1.82) is 0 Å². The average Bonchev–Trinajstić information content (AvgIpc) is 3.67. The summed E-state index contributed by atoms with van der Waals surface area (Å²) in [6.45, 7) is 0. The number of rotatable bonds is 6. The summed E-state index contributed by atoms with van der Waals surface area (Å²) < 4.78 is 6.88. The van der Waals surface area contributed by atoms with Crippen LogP contribution in [0, 0.1) is 0 Å². The molecule has 0 spiro atoms. The molecule has 0 fully saturated rings. The fourth-order valence-electron chi connectivity index (χ4n) is 8.62. The van der Waals surface area contributed by atoms with Gasteiger partial charge in [0.15, 0.2) is 0 Å². The normalized spacial score (nSPS) is 11.6. The standard InChI is InChI=1S/C54H35NO/c1-2-13-36(14-3-1)43-18-8-9-19-44(43)39-27-30-41(31-28-39)55(42-32-29-40-26-25-38-16-5-7-21-46(38)50(40)35-42)51-34-33-48(47-23-12-17-37-15-4-6-20-45(37)47)54-53(51)49-22-10-11-24-52(49)56-54/h1-35H. The first-order valence-corrected chi connectivity index (χ1v) is 19.2. The van der Waals surface area contributed by atoms with E-state index in [2.05, 4.69) is 217 Å². The summed E-state index contributed by atoms with van der Waals surface area (Å²) in [5.41, 5.74) is 12.0. The topological polar surface area (TPSA) is 16.4 Å². The van der Waals surface area contributed by atoms with Crippen molar-refractivity contribution in [3.05, 3.63) is 212 Å². The third-order valence-corrected chi connectivity index (χ3v) is 11.3. The van der Waals surface area contributed by atoms with Crippen molar-refractivity contribution >= 4 is 71.3 Å². The van der Waals surface area contributed by atoms with Gasteiger partial charge in [0.25, 0.3) is 0 Å². The van der Waals surface area contributed by atoms with Crippen LogP contribution in [-0.2, 0) is 0 Å². The van der Waals surface area contributed by atoms with E-state index in [1.165, 1.54) is 54.6 Å². The molecule has 1 heterocycles. The van der Waals surface area contributed by atoms with E-state index < -0.39 is 0 Å². The largest absolute Gasteiger partial charge is 0.455 e. The van der Waals surface area contributed by atoms with Crippen molar-refractivity contribution in [2.24, 2.45) is 0 Å². The van der Waals surface area contributed by atoms with Crippen molar-refractivity contribution < 1.29 is 4.42 Å². The summed E-state index contributed by atoms with van der Waals surface area (Å²) in [7, 11) is 0. The maximum absolute atomic E-state index is 6.88. The van der Waals surface area contributed by atoms with E-state index in [1.807, 2.05) is 0 Å². The molecule has 11 aromatic rings. The Bertz CT molecular complexity index is 3240. The number of anilines is 3. The molecule has 0 bridgehead atoms. The molecule has 2 heteroatoms. The third-order valence-electron chi connectivity index (χ3n) is 11.3. The summed E-state index contributed by atoms with van der Waals surface area (Å²) in [5.74, 6) is 0. The zero-order valence-corrected chi connectivity index (χ0v) is 30.6. The molecule has 0 amide bonds. The van der Waals surface area contributed by atoms with Crippen LogP contribution in [0.25, 0.3) is 87.6 Å². The summed E-state index contributed by atoms with van der Waals surface area (Å²) >= 11 is 0. The highest BCUT2D eigenvalue weighted by Gasteiger charge is 2.23. The SMILES string of the molecule is c1ccc(-c2ccccc2-c2ccc(N(c3ccc4ccc5ccccc5c4c3)c3ccc(-c4cccc5ccccc45)c4oc5ccccc5c34)cc2)cc1. The quantitative estimate of drug-likeness (QED) is 0.160. The second kappa shape index (κ2) is 13.2. The number of fused-ring (bicyclic) bond motifs is 7. The van der Waals surface area contributed by atoms with E-state index in [0.717, 1.165) is 50.1 Å². The molecule has 1 aromatic heterocycles. The van der Waals surface area contributed by atoms with Gasteiger partial charge in [-0.25, -0.2) is 0 Å². The zero-order valence-electron chi connectivity index (χ0n) is 30.6. The van der Waals surface area contributed by atoms with Crippen LogP contribution in [0.15, 0.2) is 217 Å². The fourth-order valence-corrected chi connectivity index (χ4v) is 8.62. The molecule has 0 atom stereocenters. The van der Waals surface area contributed by atoms with Crippen molar-refractivity contribution in [3.63, 3.8) is 0 Å². The van der Waals surface area contributed by atoms with Crippen LogP contribution >= 0.6 is 0 Å². The Balaban J connectivity index is 1.16. The van der Waals surface area contributed by atoms with Gasteiger partial charge in [-0.05, 0) is 103 Å². The van der Waals surface area contributed by atoms with Gasteiger partial charge in [-0.15, -0.1) is 0 Å². The van der Waals surface area contributed by atoms with Crippen LogP contribution < -0.4 is 4.90 Å². The Kier molecular flexibility index (Phi) is 7.53. The molecule has 0 aliphatic rings. The molecule has 10 aromatic carbocycles. The van der Waals surface area contributed by atoms with Crippen LogP contribution in [0.1, 0.15) is 0 Å². The maximum atomic E-state index is 6.88. The summed E-state index contributed by atoms with van der Waals surface area (Å²) in [4.78, 5) is 2.41. The van der Waals surface area contributed by atoms with E-state index in [9.17, 15) is 0 Å². The molecule has 56 heavy (non-hydrogen) atoms. The smallest absolute Gasteiger partial charge is 0.145 e. The number of furan rings is 1. The van der Waals surface area contributed by atoms with Crippen LogP contribution in [0.4, 0.5) is 17.1 Å². The molecule has 0 aliphatic heterocycles. The number of para-hydroxylation sites is 1. The molecule has 262 valence electrons. The highest BCUT2D eigenvalue weighted by Crippen LogP contribution is 2.48. The molecule has 11 rings (SSSR count). The zero-order chi connectivity index (χ0) is 37.0. The lowest BCUT2D eigenvalue weighted by Crippen LogP contribution is -2.10. The van der Waals surface area contributed by atoms with E-state index in [4.69, 9.17) is 4.42 Å². The molecule has 0 saturated carbocycles. The Morgan fingerprint density at radius 2 is 0.875 bits per heavy atom. The van der Waals surface area contributed by atoms with Crippen molar-refractivity contribution in [3.8, 4) is 33.4 Å². The van der Waals surface area contributed by atoms with Crippen LogP contribution in [-0.4, -0.2) is 0 Å². The molecule has 0 unspecified atom stereocenters. The Morgan fingerprint density at radius 3 is 1.66 bits per heavy atom. The van der Waals surface area contributed by atoms with Gasteiger partial charge in [-0.1, -0.05) is 170 Å². The first kappa shape index (κ1) is 32.0. The number of benzene rings is 10.